The van der Waals surface area contributed by atoms with Crippen molar-refractivity contribution in [1.82, 2.24) is 5.32 Å². The highest BCUT2D eigenvalue weighted by Gasteiger charge is 2.29. The Morgan fingerprint density at radius 3 is 2.29 bits per heavy atom. The van der Waals surface area contributed by atoms with E-state index < -0.39 is 18.6 Å². The minimum atomic E-state index is -4.18. The highest BCUT2D eigenvalue weighted by atomic mass is 79.9. The van der Waals surface area contributed by atoms with Crippen LogP contribution in [0, 0.1) is 0 Å². The third kappa shape index (κ3) is 5.39. The Morgan fingerprint density at radius 1 is 1.19 bits per heavy atom. The van der Waals surface area contributed by atoms with Crippen molar-refractivity contribution in [3.8, 4) is 11.5 Å². The first kappa shape index (κ1) is 18.1. The summed E-state index contributed by atoms with van der Waals surface area (Å²) in [5.41, 5.74) is 0.656. The van der Waals surface area contributed by atoms with Gasteiger partial charge in [0.15, 0.2) is 0 Å². The van der Waals surface area contributed by atoms with E-state index in [0.717, 1.165) is 0 Å². The van der Waals surface area contributed by atoms with Gasteiger partial charge in [-0.15, -0.1) is 0 Å². The molecule has 1 unspecified atom stereocenters. The van der Waals surface area contributed by atoms with Crippen molar-refractivity contribution in [3.63, 3.8) is 0 Å². The van der Waals surface area contributed by atoms with Gasteiger partial charge in [-0.05, 0) is 41.0 Å². The van der Waals surface area contributed by atoms with Gasteiger partial charge in [0.05, 0.1) is 18.7 Å². The second-order valence-electron chi connectivity index (χ2n) is 4.49. The lowest BCUT2D eigenvalue weighted by Crippen LogP contribution is -2.23. The third-order valence-electron chi connectivity index (χ3n) is 3.05. The molecule has 1 aromatic rings. The number of benzene rings is 1. The van der Waals surface area contributed by atoms with Crippen LogP contribution in [0.15, 0.2) is 16.6 Å². The van der Waals surface area contributed by atoms with Crippen LogP contribution in [-0.2, 0) is 0 Å². The van der Waals surface area contributed by atoms with E-state index in [-0.39, 0.29) is 6.42 Å². The minimum absolute atomic E-state index is 0.0571. The first-order valence-electron chi connectivity index (χ1n) is 6.54. The van der Waals surface area contributed by atoms with Gasteiger partial charge < -0.3 is 14.8 Å². The molecule has 120 valence electrons. The summed E-state index contributed by atoms with van der Waals surface area (Å²) in [5.74, 6) is 1.08. The summed E-state index contributed by atoms with van der Waals surface area (Å²) in [4.78, 5) is 0. The highest BCUT2D eigenvalue weighted by molar-refractivity contribution is 9.10. The average Bonchev–Trinajstić information content (AvgIpc) is 2.42. The zero-order chi connectivity index (χ0) is 16.0. The Hall–Kier alpha value is -0.950. The Morgan fingerprint density at radius 2 is 1.81 bits per heavy atom. The summed E-state index contributed by atoms with van der Waals surface area (Å²) in [5, 5.41) is 3.07. The lowest BCUT2D eigenvalue weighted by molar-refractivity contribution is -0.136. The molecule has 0 fully saturated rings. The number of rotatable bonds is 7. The van der Waals surface area contributed by atoms with Crippen LogP contribution in [0.1, 0.15) is 31.4 Å². The molecule has 0 heterocycles. The van der Waals surface area contributed by atoms with Crippen LogP contribution in [0.25, 0.3) is 0 Å². The fourth-order valence-corrected chi connectivity index (χ4v) is 2.56. The van der Waals surface area contributed by atoms with E-state index in [1.807, 2.05) is 6.92 Å². The van der Waals surface area contributed by atoms with E-state index in [0.29, 0.717) is 28.1 Å². The first-order chi connectivity index (χ1) is 9.82. The van der Waals surface area contributed by atoms with Gasteiger partial charge in [0.25, 0.3) is 0 Å². The predicted octanol–water partition coefficient (Wildman–Crippen LogP) is 4.46. The van der Waals surface area contributed by atoms with Gasteiger partial charge >= 0.3 is 6.18 Å². The number of methoxy groups -OCH3 is 2. The number of hydrogen-bond acceptors (Lipinski definition) is 3. The summed E-state index contributed by atoms with van der Waals surface area (Å²) in [6, 6.07) is 2.95. The zero-order valence-electron chi connectivity index (χ0n) is 12.2. The molecule has 7 heteroatoms. The first-order valence-corrected chi connectivity index (χ1v) is 7.33. The average molecular weight is 370 g/mol. The van der Waals surface area contributed by atoms with Gasteiger partial charge in [0.1, 0.15) is 11.5 Å². The van der Waals surface area contributed by atoms with Crippen molar-refractivity contribution in [2.24, 2.45) is 0 Å². The lowest BCUT2D eigenvalue weighted by atomic mass is 10.00. The van der Waals surface area contributed by atoms with E-state index in [9.17, 15) is 13.2 Å². The van der Waals surface area contributed by atoms with Crippen LogP contribution >= 0.6 is 15.9 Å². The van der Waals surface area contributed by atoms with Gasteiger partial charge in [0.2, 0.25) is 0 Å². The molecule has 0 aromatic heterocycles. The maximum atomic E-state index is 12.5. The van der Waals surface area contributed by atoms with Gasteiger partial charge in [-0.25, -0.2) is 0 Å². The molecule has 0 radical (unpaired) electrons. The molecule has 0 saturated carbocycles. The molecule has 1 atom stereocenters. The molecule has 0 amide bonds. The van der Waals surface area contributed by atoms with Gasteiger partial charge in [0, 0.05) is 18.0 Å². The molecule has 0 bridgehead atoms. The molecule has 1 N–H and O–H groups in total. The molecular formula is C14H19BrF3NO2. The van der Waals surface area contributed by atoms with Crippen molar-refractivity contribution < 1.29 is 22.6 Å². The smallest absolute Gasteiger partial charge is 0.389 e. The predicted molar refractivity (Wildman–Crippen MR) is 79.0 cm³/mol. The van der Waals surface area contributed by atoms with Gasteiger partial charge in [-0.3, -0.25) is 0 Å². The standard InChI is InChI=1S/C14H19BrF3NO2/c1-4-19-11(5-6-14(16,17)18)9-7-13(21-3)10(15)8-12(9)20-2/h7-8,11,19H,4-6H2,1-3H3. The molecule has 0 aliphatic heterocycles. The summed E-state index contributed by atoms with van der Waals surface area (Å²) >= 11 is 3.34. The molecule has 1 rings (SSSR count). The van der Waals surface area contributed by atoms with Crippen LogP contribution in [0.3, 0.4) is 0 Å². The maximum Gasteiger partial charge on any atom is 0.389 e. The highest BCUT2D eigenvalue weighted by Crippen LogP contribution is 2.38. The molecule has 0 aliphatic carbocycles. The van der Waals surface area contributed by atoms with Crippen LogP contribution < -0.4 is 14.8 Å². The van der Waals surface area contributed by atoms with Crippen LogP contribution in [0.4, 0.5) is 13.2 Å². The van der Waals surface area contributed by atoms with Crippen molar-refractivity contribution in [2.75, 3.05) is 20.8 Å². The van der Waals surface area contributed by atoms with Crippen LogP contribution in [0.2, 0.25) is 0 Å². The number of alkyl halides is 3. The van der Waals surface area contributed by atoms with E-state index >= 15 is 0 Å². The van der Waals surface area contributed by atoms with Crippen molar-refractivity contribution in [1.29, 1.82) is 0 Å². The minimum Gasteiger partial charge on any atom is -0.496 e. The largest absolute Gasteiger partial charge is 0.496 e. The summed E-state index contributed by atoms with van der Waals surface area (Å²) in [6.07, 6.45) is -5.09. The number of halogens is 4. The second-order valence-corrected chi connectivity index (χ2v) is 5.35. The van der Waals surface area contributed by atoms with Gasteiger partial charge in [-0.2, -0.15) is 13.2 Å². The van der Waals surface area contributed by atoms with E-state index in [1.54, 1.807) is 12.1 Å². The van der Waals surface area contributed by atoms with Crippen molar-refractivity contribution >= 4 is 15.9 Å². The summed E-state index contributed by atoms with van der Waals surface area (Å²) in [6.45, 7) is 2.41. The number of ether oxygens (including phenoxy) is 2. The SMILES string of the molecule is CCNC(CCC(F)(F)F)c1cc(OC)c(Br)cc1OC. The van der Waals surface area contributed by atoms with Crippen LogP contribution in [-0.4, -0.2) is 26.9 Å². The zero-order valence-corrected chi connectivity index (χ0v) is 13.8. The van der Waals surface area contributed by atoms with E-state index in [1.165, 1.54) is 14.2 Å². The monoisotopic (exact) mass is 369 g/mol. The maximum absolute atomic E-state index is 12.5. The molecule has 21 heavy (non-hydrogen) atoms. The quantitative estimate of drug-likeness (QED) is 0.769. The fourth-order valence-electron chi connectivity index (χ4n) is 2.08. The van der Waals surface area contributed by atoms with Crippen LogP contribution in [0.5, 0.6) is 11.5 Å². The lowest BCUT2D eigenvalue weighted by Gasteiger charge is -2.22. The molecule has 0 aliphatic rings. The molecule has 0 spiro atoms. The summed E-state index contributed by atoms with van der Waals surface area (Å²) < 4.78 is 48.6. The Labute approximate surface area is 130 Å². The van der Waals surface area contributed by atoms with Crippen molar-refractivity contribution in [3.05, 3.63) is 22.2 Å². The molecule has 0 saturated heterocycles. The van der Waals surface area contributed by atoms with E-state index in [4.69, 9.17) is 9.47 Å². The topological polar surface area (TPSA) is 30.5 Å². The fraction of sp³-hybridized carbons (Fsp3) is 0.571. The van der Waals surface area contributed by atoms with Crippen molar-refractivity contribution in [2.45, 2.75) is 32.0 Å². The van der Waals surface area contributed by atoms with E-state index in [2.05, 4.69) is 21.2 Å². The molecule has 1 aromatic carbocycles. The Balaban J connectivity index is 3.10. The second kappa shape index (κ2) is 7.89. The third-order valence-corrected chi connectivity index (χ3v) is 3.67. The normalized spacial score (nSPS) is 13.1. The molecular weight excluding hydrogens is 351 g/mol. The number of nitrogens with one attached hydrogen (secondary N) is 1. The van der Waals surface area contributed by atoms with Gasteiger partial charge in [-0.1, -0.05) is 6.92 Å². The molecule has 3 nitrogen and oxygen atoms in total. The summed E-state index contributed by atoms with van der Waals surface area (Å²) in [7, 11) is 3.00. The number of hydrogen-bond donors (Lipinski definition) is 1. The Kier molecular flexibility index (Phi) is 6.80. The Bertz CT molecular complexity index is 466.